The Hall–Kier alpha value is -1.36. The van der Waals surface area contributed by atoms with Crippen molar-refractivity contribution < 1.29 is 9.47 Å². The van der Waals surface area contributed by atoms with Crippen LogP contribution in [0.25, 0.3) is 0 Å². The van der Waals surface area contributed by atoms with Gasteiger partial charge in [-0.15, -0.1) is 0 Å². The Labute approximate surface area is 131 Å². The Balaban J connectivity index is 2.11. The van der Waals surface area contributed by atoms with Crippen molar-refractivity contribution in [2.24, 2.45) is 10.4 Å². The fraction of sp³-hybridized carbons (Fsp3) is 0.562. The van der Waals surface area contributed by atoms with Gasteiger partial charge < -0.3 is 14.8 Å². The van der Waals surface area contributed by atoms with Gasteiger partial charge in [0.05, 0.1) is 14.2 Å². The minimum absolute atomic E-state index is 0.363. The van der Waals surface area contributed by atoms with E-state index in [1.165, 1.54) is 12.8 Å². The minimum atomic E-state index is 0.363. The number of anilines is 1. The second-order valence-corrected chi connectivity index (χ2v) is 6.31. The van der Waals surface area contributed by atoms with Gasteiger partial charge in [-0.3, -0.25) is 4.99 Å². The third-order valence-electron chi connectivity index (χ3n) is 4.18. The number of benzene rings is 1. The molecule has 0 fully saturated rings. The summed E-state index contributed by atoms with van der Waals surface area (Å²) >= 11 is 1.80. The number of methoxy groups -OCH3 is 2. The number of ether oxygens (including phenoxy) is 2. The topological polar surface area (TPSA) is 42.9 Å². The van der Waals surface area contributed by atoms with Gasteiger partial charge in [0.2, 0.25) is 0 Å². The van der Waals surface area contributed by atoms with E-state index < -0.39 is 0 Å². The van der Waals surface area contributed by atoms with E-state index in [1.54, 1.807) is 26.0 Å². The maximum absolute atomic E-state index is 5.29. The van der Waals surface area contributed by atoms with Gasteiger partial charge in [-0.05, 0) is 18.3 Å². The predicted molar refractivity (Wildman–Crippen MR) is 90.9 cm³/mol. The van der Waals surface area contributed by atoms with Crippen LogP contribution in [0.15, 0.2) is 23.2 Å². The summed E-state index contributed by atoms with van der Waals surface area (Å²) in [5, 5.41) is 4.34. The van der Waals surface area contributed by atoms with Gasteiger partial charge in [0, 0.05) is 36.2 Å². The van der Waals surface area contributed by atoms with Crippen molar-refractivity contribution in [3.63, 3.8) is 0 Å². The van der Waals surface area contributed by atoms with Gasteiger partial charge in [-0.1, -0.05) is 25.6 Å². The maximum Gasteiger partial charge on any atom is 0.161 e. The summed E-state index contributed by atoms with van der Waals surface area (Å²) in [6.07, 6.45) is 2.36. The molecule has 0 saturated carbocycles. The molecule has 1 aliphatic heterocycles. The quantitative estimate of drug-likeness (QED) is 0.892. The number of hydrogen-bond donors (Lipinski definition) is 1. The Kier molecular flexibility index (Phi) is 5.39. The van der Waals surface area contributed by atoms with E-state index in [2.05, 4.69) is 19.2 Å². The zero-order valence-corrected chi connectivity index (χ0v) is 14.0. The lowest BCUT2D eigenvalue weighted by Crippen LogP contribution is -2.32. The molecule has 5 heteroatoms. The van der Waals surface area contributed by atoms with Crippen LogP contribution in [-0.4, -0.2) is 31.7 Å². The molecule has 0 saturated heterocycles. The van der Waals surface area contributed by atoms with Crippen molar-refractivity contribution in [2.75, 3.05) is 31.8 Å². The van der Waals surface area contributed by atoms with Gasteiger partial charge in [0.1, 0.15) is 11.5 Å². The molecule has 0 unspecified atom stereocenters. The van der Waals surface area contributed by atoms with Crippen LogP contribution >= 0.6 is 11.8 Å². The molecule has 1 aromatic rings. The van der Waals surface area contributed by atoms with Crippen LogP contribution in [0.5, 0.6) is 11.5 Å². The van der Waals surface area contributed by atoms with Crippen LogP contribution in [-0.2, 0) is 0 Å². The Bertz CT molecular complexity index is 491. The zero-order chi connectivity index (χ0) is 15.3. The molecule has 0 radical (unpaired) electrons. The van der Waals surface area contributed by atoms with Crippen LogP contribution < -0.4 is 14.8 Å². The van der Waals surface area contributed by atoms with Crippen molar-refractivity contribution >= 4 is 22.6 Å². The highest BCUT2D eigenvalue weighted by Gasteiger charge is 2.30. The number of rotatable bonds is 5. The van der Waals surface area contributed by atoms with E-state index in [4.69, 9.17) is 14.5 Å². The van der Waals surface area contributed by atoms with E-state index in [9.17, 15) is 0 Å². The smallest absolute Gasteiger partial charge is 0.161 e. The second-order valence-electron chi connectivity index (χ2n) is 5.34. The highest BCUT2D eigenvalue weighted by molar-refractivity contribution is 8.14. The first-order chi connectivity index (χ1) is 10.1. The molecule has 0 bridgehead atoms. The highest BCUT2D eigenvalue weighted by Crippen LogP contribution is 2.36. The molecular weight excluding hydrogens is 284 g/mol. The number of aliphatic imine (C=N–C) groups is 1. The normalized spacial score (nSPS) is 17.0. The molecule has 21 heavy (non-hydrogen) atoms. The Morgan fingerprint density at radius 2 is 1.76 bits per heavy atom. The first kappa shape index (κ1) is 16.0. The van der Waals surface area contributed by atoms with Crippen molar-refractivity contribution in [2.45, 2.75) is 26.7 Å². The molecule has 0 spiro atoms. The van der Waals surface area contributed by atoms with Crippen molar-refractivity contribution in [3.05, 3.63) is 18.2 Å². The highest BCUT2D eigenvalue weighted by atomic mass is 32.2. The van der Waals surface area contributed by atoms with Crippen molar-refractivity contribution in [3.8, 4) is 11.5 Å². The third kappa shape index (κ3) is 3.84. The molecule has 4 nitrogen and oxygen atoms in total. The van der Waals surface area contributed by atoms with Crippen LogP contribution in [0.4, 0.5) is 5.69 Å². The average molecular weight is 308 g/mol. The maximum atomic E-state index is 5.29. The predicted octanol–water partition coefficient (Wildman–Crippen LogP) is 4.02. The fourth-order valence-corrected chi connectivity index (χ4v) is 3.60. The SMILES string of the molecule is CCC1(CC)CN=C(Nc2cc(OC)cc(OC)c2)SC1. The van der Waals surface area contributed by atoms with Crippen molar-refractivity contribution in [1.29, 1.82) is 0 Å². The lowest BCUT2D eigenvalue weighted by molar-refractivity contribution is 0.318. The number of hydrogen-bond acceptors (Lipinski definition) is 5. The molecule has 1 heterocycles. The molecule has 2 rings (SSSR count). The first-order valence-electron chi connectivity index (χ1n) is 7.32. The summed E-state index contributed by atoms with van der Waals surface area (Å²) in [7, 11) is 3.31. The summed E-state index contributed by atoms with van der Waals surface area (Å²) in [5.74, 6) is 2.66. The summed E-state index contributed by atoms with van der Waals surface area (Å²) in [6, 6.07) is 5.76. The number of nitrogens with one attached hydrogen (secondary N) is 1. The number of amidine groups is 1. The molecule has 116 valence electrons. The van der Waals surface area contributed by atoms with Crippen LogP contribution in [0.2, 0.25) is 0 Å². The van der Waals surface area contributed by atoms with E-state index in [1.807, 2.05) is 18.2 Å². The van der Waals surface area contributed by atoms with Crippen LogP contribution in [0.3, 0.4) is 0 Å². The third-order valence-corrected chi connectivity index (χ3v) is 5.44. The molecule has 0 aliphatic carbocycles. The Morgan fingerprint density at radius 3 is 2.19 bits per heavy atom. The van der Waals surface area contributed by atoms with Gasteiger partial charge in [0.15, 0.2) is 5.17 Å². The molecule has 1 aromatic carbocycles. The zero-order valence-electron chi connectivity index (χ0n) is 13.2. The van der Waals surface area contributed by atoms with Gasteiger partial charge in [-0.25, -0.2) is 0 Å². The monoisotopic (exact) mass is 308 g/mol. The second kappa shape index (κ2) is 7.07. The lowest BCUT2D eigenvalue weighted by Gasteiger charge is -2.33. The van der Waals surface area contributed by atoms with Gasteiger partial charge in [0.25, 0.3) is 0 Å². The first-order valence-corrected chi connectivity index (χ1v) is 8.30. The lowest BCUT2D eigenvalue weighted by atomic mass is 9.84. The van der Waals surface area contributed by atoms with Crippen LogP contribution in [0.1, 0.15) is 26.7 Å². The molecule has 1 N–H and O–H groups in total. The van der Waals surface area contributed by atoms with Gasteiger partial charge in [-0.2, -0.15) is 0 Å². The number of thioether (sulfide) groups is 1. The van der Waals surface area contributed by atoms with Crippen LogP contribution in [0, 0.1) is 5.41 Å². The van der Waals surface area contributed by atoms with Gasteiger partial charge >= 0.3 is 0 Å². The molecule has 0 atom stereocenters. The van der Waals surface area contributed by atoms with Crippen molar-refractivity contribution in [1.82, 2.24) is 0 Å². The summed E-state index contributed by atoms with van der Waals surface area (Å²) in [5.41, 5.74) is 1.31. The van der Waals surface area contributed by atoms with E-state index in [0.29, 0.717) is 5.41 Å². The molecule has 0 amide bonds. The minimum Gasteiger partial charge on any atom is -0.497 e. The average Bonchev–Trinajstić information content (AvgIpc) is 2.55. The Morgan fingerprint density at radius 1 is 1.14 bits per heavy atom. The number of nitrogens with zero attached hydrogens (tertiary/aromatic N) is 1. The van der Waals surface area contributed by atoms with E-state index >= 15 is 0 Å². The molecule has 1 aliphatic rings. The molecule has 0 aromatic heterocycles. The summed E-state index contributed by atoms with van der Waals surface area (Å²) < 4.78 is 10.6. The standard InChI is InChI=1S/C16H24N2O2S/c1-5-16(6-2)10-17-15(21-11-16)18-12-7-13(19-3)9-14(8-12)20-4/h7-9H,5-6,10-11H2,1-4H3,(H,17,18). The summed E-state index contributed by atoms with van der Waals surface area (Å²) in [4.78, 5) is 4.72. The largest absolute Gasteiger partial charge is 0.497 e. The fourth-order valence-electron chi connectivity index (χ4n) is 2.31. The van der Waals surface area contributed by atoms with E-state index in [-0.39, 0.29) is 0 Å². The summed E-state index contributed by atoms with van der Waals surface area (Å²) in [6.45, 7) is 5.41. The molecular formula is C16H24N2O2S. The van der Waals surface area contributed by atoms with E-state index in [0.717, 1.165) is 34.7 Å².